The largest absolute Gasteiger partial charge is 0.467 e. The van der Waals surface area contributed by atoms with Crippen LogP contribution in [0.5, 0.6) is 5.88 Å². The SMILES string of the molecule is O=C(COc1ncnc2sc(-c3ccccc3)cc12)N1CCNC1=O. The van der Waals surface area contributed by atoms with Crippen molar-refractivity contribution in [1.29, 1.82) is 0 Å². The number of urea groups is 1. The molecule has 0 spiro atoms. The second-order valence-corrected chi connectivity index (χ2v) is 6.47. The van der Waals surface area contributed by atoms with Gasteiger partial charge in [-0.05, 0) is 11.6 Å². The molecule has 1 aliphatic heterocycles. The summed E-state index contributed by atoms with van der Waals surface area (Å²) in [6.45, 7) is 0.583. The molecular formula is C17H14N4O3S. The van der Waals surface area contributed by atoms with Gasteiger partial charge >= 0.3 is 6.03 Å². The van der Waals surface area contributed by atoms with Crippen LogP contribution in [0.3, 0.4) is 0 Å². The van der Waals surface area contributed by atoms with Gasteiger partial charge in [-0.15, -0.1) is 11.3 Å². The average Bonchev–Trinajstić information content (AvgIpc) is 3.26. The van der Waals surface area contributed by atoms with Crippen LogP contribution >= 0.6 is 11.3 Å². The lowest BCUT2D eigenvalue weighted by Crippen LogP contribution is -2.37. The molecule has 0 saturated carbocycles. The molecule has 1 saturated heterocycles. The van der Waals surface area contributed by atoms with E-state index in [4.69, 9.17) is 4.74 Å². The second kappa shape index (κ2) is 6.48. The second-order valence-electron chi connectivity index (χ2n) is 5.44. The van der Waals surface area contributed by atoms with Gasteiger partial charge in [0.25, 0.3) is 5.91 Å². The summed E-state index contributed by atoms with van der Waals surface area (Å²) in [6, 6.07) is 11.5. The molecule has 1 aliphatic rings. The van der Waals surface area contributed by atoms with Gasteiger partial charge in [0, 0.05) is 18.0 Å². The zero-order valence-corrected chi connectivity index (χ0v) is 14.0. The van der Waals surface area contributed by atoms with Crippen LogP contribution in [-0.4, -0.2) is 46.5 Å². The third-order valence-corrected chi connectivity index (χ3v) is 4.93. The Morgan fingerprint density at radius 3 is 2.88 bits per heavy atom. The van der Waals surface area contributed by atoms with E-state index in [9.17, 15) is 9.59 Å². The Hall–Kier alpha value is -3.00. The van der Waals surface area contributed by atoms with E-state index in [-0.39, 0.29) is 18.5 Å². The fraction of sp³-hybridized carbons (Fsp3) is 0.176. The molecule has 1 aromatic carbocycles. The van der Waals surface area contributed by atoms with Crippen molar-refractivity contribution in [3.05, 3.63) is 42.7 Å². The molecule has 0 atom stereocenters. The van der Waals surface area contributed by atoms with Gasteiger partial charge in [-0.1, -0.05) is 30.3 Å². The first-order chi connectivity index (χ1) is 12.2. The van der Waals surface area contributed by atoms with Crippen LogP contribution in [0.1, 0.15) is 0 Å². The Morgan fingerprint density at radius 1 is 1.28 bits per heavy atom. The van der Waals surface area contributed by atoms with E-state index in [1.807, 2.05) is 36.4 Å². The minimum atomic E-state index is -0.389. The Bertz CT molecular complexity index is 941. The van der Waals surface area contributed by atoms with E-state index in [0.717, 1.165) is 25.6 Å². The lowest BCUT2D eigenvalue weighted by Gasteiger charge is -2.12. The maximum atomic E-state index is 12.1. The summed E-state index contributed by atoms with van der Waals surface area (Å²) in [7, 11) is 0. The highest BCUT2D eigenvalue weighted by molar-refractivity contribution is 7.21. The molecule has 1 fully saturated rings. The molecule has 126 valence electrons. The lowest BCUT2D eigenvalue weighted by atomic mass is 10.2. The summed E-state index contributed by atoms with van der Waals surface area (Å²) >= 11 is 1.53. The fourth-order valence-corrected chi connectivity index (χ4v) is 3.61. The molecule has 0 bridgehead atoms. The highest BCUT2D eigenvalue weighted by Gasteiger charge is 2.26. The van der Waals surface area contributed by atoms with Crippen LogP contribution in [0.2, 0.25) is 0 Å². The molecule has 0 unspecified atom stereocenters. The van der Waals surface area contributed by atoms with Crippen LogP contribution in [0.4, 0.5) is 4.79 Å². The number of aromatic nitrogens is 2. The normalized spacial score (nSPS) is 13.9. The summed E-state index contributed by atoms with van der Waals surface area (Å²) in [5.74, 6) is -0.0448. The minimum absolute atomic E-state index is 0.240. The van der Waals surface area contributed by atoms with E-state index < -0.39 is 0 Å². The van der Waals surface area contributed by atoms with Crippen LogP contribution in [0, 0.1) is 0 Å². The Labute approximate surface area is 147 Å². The van der Waals surface area contributed by atoms with Crippen molar-refractivity contribution in [2.75, 3.05) is 19.7 Å². The van der Waals surface area contributed by atoms with E-state index in [1.54, 1.807) is 0 Å². The van der Waals surface area contributed by atoms with Gasteiger partial charge < -0.3 is 10.1 Å². The number of nitrogens with one attached hydrogen (secondary N) is 1. The zero-order chi connectivity index (χ0) is 17.2. The highest BCUT2D eigenvalue weighted by atomic mass is 32.1. The summed E-state index contributed by atoms with van der Waals surface area (Å²) in [6.07, 6.45) is 1.41. The van der Waals surface area contributed by atoms with E-state index in [1.165, 1.54) is 17.7 Å². The van der Waals surface area contributed by atoms with Gasteiger partial charge in [-0.3, -0.25) is 9.69 Å². The quantitative estimate of drug-likeness (QED) is 0.777. The minimum Gasteiger partial charge on any atom is -0.467 e. The summed E-state index contributed by atoms with van der Waals surface area (Å²) in [5, 5.41) is 3.34. The molecule has 25 heavy (non-hydrogen) atoms. The van der Waals surface area contributed by atoms with Crippen LogP contribution in [0.15, 0.2) is 42.7 Å². The predicted octanol–water partition coefficient (Wildman–Crippen LogP) is 2.29. The maximum absolute atomic E-state index is 12.1. The third kappa shape index (κ3) is 3.03. The summed E-state index contributed by atoms with van der Waals surface area (Å²) in [4.78, 5) is 35.0. The topological polar surface area (TPSA) is 84.4 Å². The van der Waals surface area contributed by atoms with Gasteiger partial charge in [0.1, 0.15) is 11.2 Å². The van der Waals surface area contributed by atoms with E-state index >= 15 is 0 Å². The average molecular weight is 354 g/mol. The molecule has 0 radical (unpaired) electrons. The van der Waals surface area contributed by atoms with Crippen molar-refractivity contribution < 1.29 is 14.3 Å². The predicted molar refractivity (Wildman–Crippen MR) is 93.5 cm³/mol. The third-order valence-electron chi connectivity index (χ3n) is 3.84. The van der Waals surface area contributed by atoms with Gasteiger partial charge in [0.15, 0.2) is 6.61 Å². The summed E-state index contributed by atoms with van der Waals surface area (Å²) < 4.78 is 5.58. The van der Waals surface area contributed by atoms with Crippen molar-refractivity contribution in [2.24, 2.45) is 0 Å². The number of nitrogens with zero attached hydrogens (tertiary/aromatic N) is 3. The van der Waals surface area contributed by atoms with Crippen molar-refractivity contribution in [1.82, 2.24) is 20.2 Å². The molecule has 3 heterocycles. The molecular weight excluding hydrogens is 340 g/mol. The van der Waals surface area contributed by atoms with Crippen LogP contribution in [-0.2, 0) is 4.79 Å². The fourth-order valence-electron chi connectivity index (χ4n) is 2.61. The molecule has 3 amide bonds. The molecule has 4 rings (SSSR count). The number of rotatable bonds is 4. The molecule has 1 N–H and O–H groups in total. The standard InChI is InChI=1S/C17H14N4O3S/c22-14(21-7-6-18-17(21)23)9-24-15-12-8-13(11-4-2-1-3-5-11)25-16(12)20-10-19-15/h1-5,8,10H,6-7,9H2,(H,18,23). The maximum Gasteiger partial charge on any atom is 0.324 e. The number of carbonyl (C=O) groups is 2. The number of ether oxygens (including phenoxy) is 1. The van der Waals surface area contributed by atoms with Gasteiger partial charge in [0.05, 0.1) is 5.39 Å². The molecule has 7 nitrogen and oxygen atoms in total. The van der Waals surface area contributed by atoms with Crippen molar-refractivity contribution in [3.8, 4) is 16.3 Å². The first kappa shape index (κ1) is 15.5. The smallest absolute Gasteiger partial charge is 0.324 e. The van der Waals surface area contributed by atoms with Crippen LogP contribution < -0.4 is 10.1 Å². The van der Waals surface area contributed by atoms with Gasteiger partial charge in [0.2, 0.25) is 5.88 Å². The number of fused-ring (bicyclic) bond motifs is 1. The Kier molecular flexibility index (Phi) is 4.02. The molecule has 8 heteroatoms. The molecule has 2 aromatic heterocycles. The van der Waals surface area contributed by atoms with Crippen LogP contribution in [0.25, 0.3) is 20.7 Å². The number of thiophene rings is 1. The van der Waals surface area contributed by atoms with Crippen molar-refractivity contribution in [2.45, 2.75) is 0 Å². The highest BCUT2D eigenvalue weighted by Crippen LogP contribution is 2.35. The van der Waals surface area contributed by atoms with E-state index in [0.29, 0.717) is 19.0 Å². The van der Waals surface area contributed by atoms with E-state index in [2.05, 4.69) is 15.3 Å². The number of amides is 3. The number of hydrogen-bond donors (Lipinski definition) is 1. The van der Waals surface area contributed by atoms with Crippen molar-refractivity contribution in [3.63, 3.8) is 0 Å². The first-order valence-electron chi connectivity index (χ1n) is 7.73. The monoisotopic (exact) mass is 354 g/mol. The molecule has 3 aromatic rings. The number of imide groups is 1. The molecule has 0 aliphatic carbocycles. The van der Waals surface area contributed by atoms with Gasteiger partial charge in [-0.2, -0.15) is 0 Å². The Balaban J connectivity index is 1.56. The zero-order valence-electron chi connectivity index (χ0n) is 13.1. The van der Waals surface area contributed by atoms with Crippen molar-refractivity contribution >= 4 is 33.5 Å². The number of carbonyl (C=O) groups excluding carboxylic acids is 2. The summed E-state index contributed by atoms with van der Waals surface area (Å²) in [5.41, 5.74) is 1.08. The number of benzene rings is 1. The number of hydrogen-bond acceptors (Lipinski definition) is 6. The lowest BCUT2D eigenvalue weighted by molar-refractivity contribution is -0.129. The first-order valence-corrected chi connectivity index (χ1v) is 8.55. The van der Waals surface area contributed by atoms with Gasteiger partial charge in [-0.25, -0.2) is 14.8 Å². The Morgan fingerprint density at radius 2 is 2.12 bits per heavy atom.